The fraction of sp³-hybridized carbons (Fsp3) is 0.520. The lowest BCUT2D eigenvalue weighted by atomic mass is 9.75. The first-order valence-corrected chi connectivity index (χ1v) is 11.7. The van der Waals surface area contributed by atoms with Gasteiger partial charge in [0.25, 0.3) is 5.91 Å². The SMILES string of the molecule is CN(CCc1ccccn1)CC1CN2CCC1CC2CNC(=O)c1ccc2c(c1)OCO2. The van der Waals surface area contributed by atoms with Crippen LogP contribution < -0.4 is 14.8 Å². The van der Waals surface area contributed by atoms with Crippen LogP contribution in [0.5, 0.6) is 11.5 Å². The van der Waals surface area contributed by atoms with Gasteiger partial charge < -0.3 is 19.7 Å². The fourth-order valence-corrected chi connectivity index (χ4v) is 5.36. The average Bonchev–Trinajstić information content (AvgIpc) is 3.30. The van der Waals surface area contributed by atoms with E-state index in [4.69, 9.17) is 9.47 Å². The molecule has 1 aromatic carbocycles. The van der Waals surface area contributed by atoms with E-state index in [9.17, 15) is 4.79 Å². The smallest absolute Gasteiger partial charge is 0.251 e. The molecule has 3 saturated heterocycles. The molecule has 2 bridgehead atoms. The minimum Gasteiger partial charge on any atom is -0.454 e. The molecule has 7 heteroatoms. The minimum atomic E-state index is -0.0447. The molecule has 1 N–H and O–H groups in total. The van der Waals surface area contributed by atoms with Gasteiger partial charge >= 0.3 is 0 Å². The number of fused-ring (bicyclic) bond motifs is 4. The molecule has 7 nitrogen and oxygen atoms in total. The molecule has 2 aromatic rings. The summed E-state index contributed by atoms with van der Waals surface area (Å²) in [4.78, 5) is 22.1. The van der Waals surface area contributed by atoms with Gasteiger partial charge in [-0.15, -0.1) is 0 Å². The van der Waals surface area contributed by atoms with Gasteiger partial charge in [0.1, 0.15) is 0 Å². The molecule has 0 spiro atoms. The maximum Gasteiger partial charge on any atom is 0.251 e. The quantitative estimate of drug-likeness (QED) is 0.686. The summed E-state index contributed by atoms with van der Waals surface area (Å²) in [7, 11) is 2.23. The van der Waals surface area contributed by atoms with Crippen LogP contribution in [0.15, 0.2) is 42.6 Å². The van der Waals surface area contributed by atoms with Crippen LogP contribution in [0.2, 0.25) is 0 Å². The number of nitrogens with one attached hydrogen (secondary N) is 1. The van der Waals surface area contributed by atoms with Crippen molar-refractivity contribution in [3.63, 3.8) is 0 Å². The second-order valence-corrected chi connectivity index (χ2v) is 9.30. The predicted molar refractivity (Wildman–Crippen MR) is 122 cm³/mol. The van der Waals surface area contributed by atoms with Gasteiger partial charge in [-0.1, -0.05) is 6.07 Å². The Hall–Kier alpha value is -2.64. The number of benzene rings is 1. The van der Waals surface area contributed by atoms with Crippen LogP contribution in [0.1, 0.15) is 28.9 Å². The highest BCUT2D eigenvalue weighted by Gasteiger charge is 2.40. The van der Waals surface area contributed by atoms with E-state index < -0.39 is 0 Å². The normalized spacial score (nSPS) is 25.8. The zero-order valence-electron chi connectivity index (χ0n) is 18.7. The van der Waals surface area contributed by atoms with Crippen LogP contribution >= 0.6 is 0 Å². The van der Waals surface area contributed by atoms with E-state index >= 15 is 0 Å². The molecule has 4 aliphatic heterocycles. The van der Waals surface area contributed by atoms with Crippen LogP contribution in [-0.4, -0.2) is 73.3 Å². The Balaban J connectivity index is 1.09. The van der Waals surface area contributed by atoms with E-state index in [-0.39, 0.29) is 12.7 Å². The highest BCUT2D eigenvalue weighted by molar-refractivity contribution is 5.94. The molecule has 32 heavy (non-hydrogen) atoms. The number of carbonyl (C=O) groups excluding carboxylic acids is 1. The zero-order valence-corrected chi connectivity index (χ0v) is 18.7. The zero-order chi connectivity index (χ0) is 21.9. The molecule has 0 radical (unpaired) electrons. The second-order valence-electron chi connectivity index (χ2n) is 9.30. The monoisotopic (exact) mass is 436 g/mol. The summed E-state index contributed by atoms with van der Waals surface area (Å²) < 4.78 is 10.7. The van der Waals surface area contributed by atoms with E-state index in [1.165, 1.54) is 12.8 Å². The van der Waals surface area contributed by atoms with Gasteiger partial charge in [0, 0.05) is 56.1 Å². The van der Waals surface area contributed by atoms with Crippen molar-refractivity contribution in [3.05, 3.63) is 53.9 Å². The number of carbonyl (C=O) groups is 1. The molecule has 0 saturated carbocycles. The standard InChI is InChI=1S/C25H32N4O3/c1-28(10-8-21-4-2-3-9-26-21)15-20-16-29-11-7-18(20)12-22(29)14-27-25(30)19-5-6-23-24(13-19)32-17-31-23/h2-6,9,13,18,20,22H,7-8,10-12,14-17H2,1H3,(H,27,30). The summed E-state index contributed by atoms with van der Waals surface area (Å²) >= 11 is 0. The number of aromatic nitrogens is 1. The Morgan fingerprint density at radius 2 is 2.16 bits per heavy atom. The van der Waals surface area contributed by atoms with Crippen molar-refractivity contribution < 1.29 is 14.3 Å². The molecular formula is C25H32N4O3. The summed E-state index contributed by atoms with van der Waals surface area (Å²) in [5.74, 6) is 2.75. The molecule has 1 aromatic heterocycles. The van der Waals surface area contributed by atoms with Crippen LogP contribution in [0, 0.1) is 11.8 Å². The van der Waals surface area contributed by atoms with Gasteiger partial charge in [0.15, 0.2) is 11.5 Å². The third kappa shape index (κ3) is 4.74. The van der Waals surface area contributed by atoms with Crippen LogP contribution in [0.25, 0.3) is 0 Å². The highest BCUT2D eigenvalue weighted by Crippen LogP contribution is 2.36. The Bertz CT molecular complexity index is 938. The van der Waals surface area contributed by atoms with Crippen molar-refractivity contribution in [2.45, 2.75) is 25.3 Å². The topological polar surface area (TPSA) is 66.9 Å². The molecule has 4 aliphatic rings. The molecule has 3 fully saturated rings. The largest absolute Gasteiger partial charge is 0.454 e. The van der Waals surface area contributed by atoms with E-state index in [1.54, 1.807) is 18.2 Å². The van der Waals surface area contributed by atoms with Crippen LogP contribution in [-0.2, 0) is 6.42 Å². The number of amides is 1. The minimum absolute atomic E-state index is 0.0447. The van der Waals surface area contributed by atoms with Crippen molar-refractivity contribution in [2.24, 2.45) is 11.8 Å². The molecule has 6 rings (SSSR count). The molecule has 1 amide bonds. The summed E-state index contributed by atoms with van der Waals surface area (Å²) in [5.41, 5.74) is 1.78. The lowest BCUT2D eigenvalue weighted by molar-refractivity contribution is -0.00870. The summed E-state index contributed by atoms with van der Waals surface area (Å²) in [6.07, 6.45) is 5.30. The van der Waals surface area contributed by atoms with E-state index in [0.29, 0.717) is 35.6 Å². The Labute approximate surface area is 189 Å². The fourth-order valence-electron chi connectivity index (χ4n) is 5.36. The number of ether oxygens (including phenoxy) is 2. The first kappa shape index (κ1) is 21.2. The van der Waals surface area contributed by atoms with Crippen LogP contribution in [0.4, 0.5) is 0 Å². The summed E-state index contributed by atoms with van der Waals surface area (Å²) in [5, 5.41) is 3.14. The van der Waals surface area contributed by atoms with Crippen molar-refractivity contribution in [2.75, 3.05) is 46.6 Å². The maximum absolute atomic E-state index is 12.7. The lowest BCUT2D eigenvalue weighted by Gasteiger charge is -2.50. The molecule has 170 valence electrons. The highest BCUT2D eigenvalue weighted by atomic mass is 16.7. The maximum atomic E-state index is 12.7. The Morgan fingerprint density at radius 3 is 2.97 bits per heavy atom. The van der Waals surface area contributed by atoms with E-state index in [1.807, 2.05) is 12.3 Å². The van der Waals surface area contributed by atoms with Gasteiger partial charge in [0.05, 0.1) is 0 Å². The number of hydrogen-bond acceptors (Lipinski definition) is 6. The molecule has 4 atom stereocenters. The third-order valence-electron chi connectivity index (χ3n) is 7.17. The number of likely N-dealkylation sites (N-methyl/N-ethyl adjacent to an activating group) is 1. The Morgan fingerprint density at radius 1 is 1.25 bits per heavy atom. The average molecular weight is 437 g/mol. The van der Waals surface area contributed by atoms with Crippen molar-refractivity contribution in [1.29, 1.82) is 0 Å². The number of piperidine rings is 3. The number of pyridine rings is 1. The van der Waals surface area contributed by atoms with Crippen molar-refractivity contribution in [1.82, 2.24) is 20.1 Å². The summed E-state index contributed by atoms with van der Waals surface area (Å²) in [6.45, 7) is 5.36. The first-order valence-electron chi connectivity index (χ1n) is 11.7. The molecular weight excluding hydrogens is 404 g/mol. The van der Waals surface area contributed by atoms with Crippen molar-refractivity contribution in [3.8, 4) is 11.5 Å². The molecule has 4 unspecified atom stereocenters. The van der Waals surface area contributed by atoms with E-state index in [2.05, 4.69) is 39.3 Å². The second kappa shape index (κ2) is 9.46. The molecule has 0 aliphatic carbocycles. The van der Waals surface area contributed by atoms with E-state index in [0.717, 1.165) is 44.2 Å². The molecule has 5 heterocycles. The summed E-state index contributed by atoms with van der Waals surface area (Å²) in [6, 6.07) is 11.9. The number of nitrogens with zero attached hydrogens (tertiary/aromatic N) is 3. The lowest BCUT2D eigenvalue weighted by Crippen LogP contribution is -2.58. The third-order valence-corrected chi connectivity index (χ3v) is 7.17. The first-order chi connectivity index (χ1) is 15.7. The van der Waals surface area contributed by atoms with Crippen LogP contribution in [0.3, 0.4) is 0 Å². The van der Waals surface area contributed by atoms with Gasteiger partial charge in [0.2, 0.25) is 6.79 Å². The van der Waals surface area contributed by atoms with Gasteiger partial charge in [-0.3, -0.25) is 14.7 Å². The van der Waals surface area contributed by atoms with Gasteiger partial charge in [-0.2, -0.15) is 0 Å². The van der Waals surface area contributed by atoms with Crippen molar-refractivity contribution >= 4 is 5.91 Å². The number of rotatable bonds is 8. The number of hydrogen-bond donors (Lipinski definition) is 1. The Kier molecular flexibility index (Phi) is 6.28. The predicted octanol–water partition coefficient (Wildman–Crippen LogP) is 2.42. The van der Waals surface area contributed by atoms with Gasteiger partial charge in [-0.25, -0.2) is 0 Å². The van der Waals surface area contributed by atoms with Gasteiger partial charge in [-0.05, 0) is 68.6 Å².